The van der Waals surface area contributed by atoms with Gasteiger partial charge in [-0.2, -0.15) is 0 Å². The Morgan fingerprint density at radius 3 is 2.79 bits per heavy atom. The van der Waals surface area contributed by atoms with Gasteiger partial charge >= 0.3 is 0 Å². The lowest BCUT2D eigenvalue weighted by atomic mass is 10.1. The molecule has 3 heterocycles. The molecule has 1 aliphatic heterocycles. The normalized spacial score (nSPS) is 17.8. The van der Waals surface area contributed by atoms with Crippen LogP contribution in [0.1, 0.15) is 35.8 Å². The minimum absolute atomic E-state index is 0.00567. The second kappa shape index (κ2) is 6.45. The SMILES string of the molecule is O=C(Nc1ccncc1)c1cn(C2CCCCO2)c2ccccc12. The molecule has 5 nitrogen and oxygen atoms in total. The van der Waals surface area contributed by atoms with E-state index >= 15 is 0 Å². The molecule has 0 saturated carbocycles. The molecule has 1 saturated heterocycles. The van der Waals surface area contributed by atoms with Gasteiger partial charge in [0, 0.05) is 36.3 Å². The predicted molar refractivity (Wildman–Crippen MR) is 93.0 cm³/mol. The van der Waals surface area contributed by atoms with Gasteiger partial charge in [0.25, 0.3) is 5.91 Å². The second-order valence-electron chi connectivity index (χ2n) is 5.98. The lowest BCUT2D eigenvalue weighted by Crippen LogP contribution is -2.17. The molecule has 1 aliphatic rings. The zero-order chi connectivity index (χ0) is 16.4. The Kier molecular flexibility index (Phi) is 4.01. The Morgan fingerprint density at radius 1 is 1.17 bits per heavy atom. The highest BCUT2D eigenvalue weighted by molar-refractivity contribution is 6.13. The molecular weight excluding hydrogens is 302 g/mol. The number of aromatic nitrogens is 2. The highest BCUT2D eigenvalue weighted by atomic mass is 16.5. The molecule has 4 rings (SSSR count). The molecule has 0 aliphatic carbocycles. The minimum Gasteiger partial charge on any atom is -0.358 e. The molecule has 0 radical (unpaired) electrons. The number of hydrogen-bond donors (Lipinski definition) is 1. The maximum atomic E-state index is 12.7. The highest BCUT2D eigenvalue weighted by Crippen LogP contribution is 2.30. The third-order valence-electron chi connectivity index (χ3n) is 4.39. The first-order valence-electron chi connectivity index (χ1n) is 8.25. The van der Waals surface area contributed by atoms with Gasteiger partial charge in [-0.05, 0) is 37.5 Å². The summed E-state index contributed by atoms with van der Waals surface area (Å²) in [6, 6.07) is 11.5. The van der Waals surface area contributed by atoms with Gasteiger partial charge in [-0.25, -0.2) is 0 Å². The van der Waals surface area contributed by atoms with Crippen LogP contribution in [0.15, 0.2) is 55.0 Å². The number of anilines is 1. The van der Waals surface area contributed by atoms with Crippen molar-refractivity contribution in [2.75, 3.05) is 11.9 Å². The van der Waals surface area contributed by atoms with Crippen molar-refractivity contribution in [3.05, 3.63) is 60.6 Å². The van der Waals surface area contributed by atoms with E-state index < -0.39 is 0 Å². The van der Waals surface area contributed by atoms with Crippen LogP contribution in [0.5, 0.6) is 0 Å². The van der Waals surface area contributed by atoms with E-state index in [9.17, 15) is 4.79 Å². The van der Waals surface area contributed by atoms with Crippen LogP contribution in [-0.4, -0.2) is 22.1 Å². The number of amides is 1. The maximum absolute atomic E-state index is 12.7. The molecule has 2 aromatic heterocycles. The molecule has 1 fully saturated rings. The van der Waals surface area contributed by atoms with Crippen LogP contribution in [-0.2, 0) is 4.74 Å². The summed E-state index contributed by atoms with van der Waals surface area (Å²) in [5.41, 5.74) is 2.43. The molecule has 0 bridgehead atoms. The molecule has 3 aromatic rings. The standard InChI is InChI=1S/C19H19N3O2/c23-19(21-14-8-10-20-11-9-14)16-13-22(18-7-3-4-12-24-18)17-6-2-1-5-15(16)17/h1-2,5-6,8-11,13,18H,3-4,7,12H2,(H,20,21,23). The first-order valence-corrected chi connectivity index (χ1v) is 8.25. The van der Waals surface area contributed by atoms with Crippen molar-refractivity contribution in [2.45, 2.75) is 25.5 Å². The number of para-hydroxylation sites is 1. The minimum atomic E-state index is -0.119. The van der Waals surface area contributed by atoms with E-state index in [4.69, 9.17) is 4.74 Å². The van der Waals surface area contributed by atoms with Crippen LogP contribution >= 0.6 is 0 Å². The molecule has 1 unspecified atom stereocenters. The number of hydrogen-bond acceptors (Lipinski definition) is 3. The van der Waals surface area contributed by atoms with Crippen LogP contribution in [0.25, 0.3) is 10.9 Å². The molecule has 122 valence electrons. The van der Waals surface area contributed by atoms with Gasteiger partial charge in [-0.1, -0.05) is 18.2 Å². The number of nitrogens with one attached hydrogen (secondary N) is 1. The summed E-state index contributed by atoms with van der Waals surface area (Å²) >= 11 is 0. The largest absolute Gasteiger partial charge is 0.358 e. The van der Waals surface area contributed by atoms with Crippen molar-refractivity contribution in [1.29, 1.82) is 0 Å². The highest BCUT2D eigenvalue weighted by Gasteiger charge is 2.21. The van der Waals surface area contributed by atoms with Gasteiger partial charge in [0.15, 0.2) is 0 Å². The van der Waals surface area contributed by atoms with Gasteiger partial charge in [0.2, 0.25) is 0 Å². The zero-order valence-corrected chi connectivity index (χ0v) is 13.3. The van der Waals surface area contributed by atoms with E-state index in [2.05, 4.69) is 14.9 Å². The lowest BCUT2D eigenvalue weighted by molar-refractivity contribution is -0.0292. The van der Waals surface area contributed by atoms with Crippen LogP contribution in [0, 0.1) is 0 Å². The van der Waals surface area contributed by atoms with Gasteiger partial charge in [0.05, 0.1) is 11.1 Å². The number of pyridine rings is 1. The Balaban J connectivity index is 1.71. The average molecular weight is 321 g/mol. The topological polar surface area (TPSA) is 56.2 Å². The van der Waals surface area contributed by atoms with Crippen molar-refractivity contribution in [2.24, 2.45) is 0 Å². The molecular formula is C19H19N3O2. The number of benzene rings is 1. The molecule has 5 heteroatoms. The van der Waals surface area contributed by atoms with Crippen LogP contribution in [0.2, 0.25) is 0 Å². The summed E-state index contributed by atoms with van der Waals surface area (Å²) in [7, 11) is 0. The third-order valence-corrected chi connectivity index (χ3v) is 4.39. The van der Waals surface area contributed by atoms with Crippen molar-refractivity contribution in [1.82, 2.24) is 9.55 Å². The number of fused-ring (bicyclic) bond motifs is 1. The van der Waals surface area contributed by atoms with Crippen molar-refractivity contribution >= 4 is 22.5 Å². The summed E-state index contributed by atoms with van der Waals surface area (Å²) in [5.74, 6) is -0.119. The van der Waals surface area contributed by atoms with E-state index in [-0.39, 0.29) is 12.1 Å². The van der Waals surface area contributed by atoms with E-state index in [0.717, 1.165) is 42.5 Å². The van der Waals surface area contributed by atoms with Crippen molar-refractivity contribution in [3.8, 4) is 0 Å². The van der Waals surface area contributed by atoms with E-state index in [0.29, 0.717) is 5.56 Å². The number of rotatable bonds is 3. The molecule has 1 amide bonds. The molecule has 24 heavy (non-hydrogen) atoms. The van der Waals surface area contributed by atoms with Crippen molar-refractivity contribution in [3.63, 3.8) is 0 Å². The fourth-order valence-electron chi connectivity index (χ4n) is 3.20. The quantitative estimate of drug-likeness (QED) is 0.793. The van der Waals surface area contributed by atoms with Crippen LogP contribution in [0.4, 0.5) is 5.69 Å². The van der Waals surface area contributed by atoms with Crippen molar-refractivity contribution < 1.29 is 9.53 Å². The fraction of sp³-hybridized carbons (Fsp3) is 0.263. The summed E-state index contributed by atoms with van der Waals surface area (Å²) in [6.45, 7) is 0.774. The smallest absolute Gasteiger partial charge is 0.257 e. The molecule has 1 N–H and O–H groups in total. The monoisotopic (exact) mass is 321 g/mol. The summed E-state index contributed by atoms with van der Waals surface area (Å²) in [4.78, 5) is 16.7. The maximum Gasteiger partial charge on any atom is 0.257 e. The third kappa shape index (κ3) is 2.78. The summed E-state index contributed by atoms with van der Waals surface area (Å²) < 4.78 is 8.00. The van der Waals surface area contributed by atoms with Gasteiger partial charge in [-0.15, -0.1) is 0 Å². The van der Waals surface area contributed by atoms with Crippen LogP contribution < -0.4 is 5.32 Å². The predicted octanol–water partition coefficient (Wildman–Crippen LogP) is 3.99. The van der Waals surface area contributed by atoms with E-state index in [1.54, 1.807) is 24.5 Å². The second-order valence-corrected chi connectivity index (χ2v) is 5.98. The first-order chi connectivity index (χ1) is 11.8. The van der Waals surface area contributed by atoms with E-state index in [1.807, 2.05) is 30.5 Å². The summed E-state index contributed by atoms with van der Waals surface area (Å²) in [6.07, 6.45) is 8.47. The van der Waals surface area contributed by atoms with Gasteiger partial charge < -0.3 is 14.6 Å². The van der Waals surface area contributed by atoms with Crippen LogP contribution in [0.3, 0.4) is 0 Å². The molecule has 0 spiro atoms. The van der Waals surface area contributed by atoms with Gasteiger partial charge in [0.1, 0.15) is 6.23 Å². The number of nitrogens with zero attached hydrogens (tertiary/aromatic N) is 2. The number of ether oxygens (including phenoxy) is 1. The Bertz CT molecular complexity index is 851. The lowest BCUT2D eigenvalue weighted by Gasteiger charge is -2.24. The number of carbonyl (C=O) groups is 1. The number of carbonyl (C=O) groups excluding carboxylic acids is 1. The Morgan fingerprint density at radius 2 is 2.00 bits per heavy atom. The average Bonchev–Trinajstić information content (AvgIpc) is 3.03. The first kappa shape index (κ1) is 14.9. The fourth-order valence-corrected chi connectivity index (χ4v) is 3.20. The Labute approximate surface area is 140 Å². The van der Waals surface area contributed by atoms with E-state index in [1.165, 1.54) is 0 Å². The molecule has 1 atom stereocenters. The zero-order valence-electron chi connectivity index (χ0n) is 13.3. The van der Waals surface area contributed by atoms with Gasteiger partial charge in [-0.3, -0.25) is 9.78 Å². The Hall–Kier alpha value is -2.66. The molecule has 1 aromatic carbocycles. The summed E-state index contributed by atoms with van der Waals surface area (Å²) in [5, 5.41) is 3.88.